The molecule has 7 nitrogen and oxygen atoms in total. The van der Waals surface area contributed by atoms with E-state index in [0.717, 1.165) is 35.5 Å². The average Bonchev–Trinajstić information content (AvgIpc) is 3.10. The highest BCUT2D eigenvalue weighted by Gasteiger charge is 2.23. The number of hydrogen-bond donors (Lipinski definition) is 0. The minimum Gasteiger partial charge on any atom is -0.497 e. The molecule has 0 radical (unpaired) electrons. The van der Waals surface area contributed by atoms with Crippen LogP contribution in [-0.4, -0.2) is 42.9 Å². The molecular formula is C26H31NO6. The third-order valence-corrected chi connectivity index (χ3v) is 5.37. The van der Waals surface area contributed by atoms with Gasteiger partial charge in [0.1, 0.15) is 11.5 Å². The number of ether oxygens (including phenoxy) is 4. The average molecular weight is 454 g/mol. The Morgan fingerprint density at radius 2 is 1.70 bits per heavy atom. The molecule has 7 heteroatoms. The Hall–Kier alpha value is -3.48. The number of nitrogens with zero attached hydrogens (tertiary/aromatic N) is 1. The Morgan fingerprint density at radius 3 is 2.33 bits per heavy atom. The molecule has 0 aliphatic rings. The molecule has 1 unspecified atom stereocenters. The van der Waals surface area contributed by atoms with Crippen molar-refractivity contribution >= 4 is 22.8 Å². The van der Waals surface area contributed by atoms with Gasteiger partial charge in [0.25, 0.3) is 0 Å². The summed E-state index contributed by atoms with van der Waals surface area (Å²) in [7, 11) is 1.62. The third kappa shape index (κ3) is 5.30. The first-order valence-corrected chi connectivity index (χ1v) is 11.2. The van der Waals surface area contributed by atoms with Gasteiger partial charge < -0.3 is 23.5 Å². The second-order valence-electron chi connectivity index (χ2n) is 7.67. The van der Waals surface area contributed by atoms with Crippen LogP contribution >= 0.6 is 0 Å². The van der Waals surface area contributed by atoms with Gasteiger partial charge in [-0.1, -0.05) is 13.3 Å². The summed E-state index contributed by atoms with van der Waals surface area (Å²) in [6.07, 6.45) is 0.987. The van der Waals surface area contributed by atoms with Crippen LogP contribution in [0.25, 0.3) is 16.6 Å². The maximum atomic E-state index is 12.8. The summed E-state index contributed by atoms with van der Waals surface area (Å²) in [5, 5.41) is 0.686. The van der Waals surface area contributed by atoms with E-state index in [1.807, 2.05) is 48.7 Å². The van der Waals surface area contributed by atoms with Crippen LogP contribution in [0.4, 0.5) is 0 Å². The minimum absolute atomic E-state index is 0.268. The fourth-order valence-corrected chi connectivity index (χ4v) is 3.68. The van der Waals surface area contributed by atoms with Crippen LogP contribution in [0, 0.1) is 6.92 Å². The molecule has 3 rings (SSSR count). The smallest absolute Gasteiger partial charge is 0.347 e. The Bertz CT molecular complexity index is 1120. The van der Waals surface area contributed by atoms with Gasteiger partial charge in [-0.15, -0.1) is 0 Å². The molecule has 3 aromatic rings. The second kappa shape index (κ2) is 10.9. The fourth-order valence-electron chi connectivity index (χ4n) is 3.68. The van der Waals surface area contributed by atoms with Crippen molar-refractivity contribution in [1.82, 2.24) is 4.57 Å². The van der Waals surface area contributed by atoms with Gasteiger partial charge in [-0.3, -0.25) is 0 Å². The molecule has 2 aromatic carbocycles. The molecule has 0 aliphatic carbocycles. The number of carbonyl (C=O) groups excluding carboxylic acids is 2. The molecule has 0 N–H and O–H groups in total. The zero-order valence-electron chi connectivity index (χ0n) is 19.8. The van der Waals surface area contributed by atoms with Gasteiger partial charge in [0.15, 0.2) is 6.10 Å². The molecule has 0 saturated heterocycles. The summed E-state index contributed by atoms with van der Waals surface area (Å²) in [5.74, 6) is 0.395. The van der Waals surface area contributed by atoms with Crippen molar-refractivity contribution in [3.63, 3.8) is 0 Å². The molecule has 0 amide bonds. The van der Waals surface area contributed by atoms with Crippen molar-refractivity contribution in [2.45, 2.75) is 46.6 Å². The van der Waals surface area contributed by atoms with Crippen molar-refractivity contribution in [1.29, 1.82) is 0 Å². The Balaban J connectivity index is 2.01. The van der Waals surface area contributed by atoms with E-state index in [0.29, 0.717) is 23.3 Å². The number of rotatable bonds is 10. The van der Waals surface area contributed by atoms with E-state index < -0.39 is 18.0 Å². The van der Waals surface area contributed by atoms with Crippen molar-refractivity contribution in [2.75, 3.05) is 20.3 Å². The molecule has 0 spiro atoms. The normalized spacial score (nSPS) is 11.8. The van der Waals surface area contributed by atoms with Crippen LogP contribution < -0.4 is 9.47 Å². The summed E-state index contributed by atoms with van der Waals surface area (Å²) < 4.78 is 23.7. The van der Waals surface area contributed by atoms with E-state index in [2.05, 4.69) is 0 Å². The van der Waals surface area contributed by atoms with Gasteiger partial charge in [-0.05, 0) is 69.7 Å². The minimum atomic E-state index is -0.768. The Kier molecular flexibility index (Phi) is 7.98. The molecule has 1 aromatic heterocycles. The van der Waals surface area contributed by atoms with Crippen molar-refractivity contribution < 1.29 is 28.5 Å². The number of fused-ring (bicyclic) bond motifs is 1. The number of esters is 2. The first kappa shape index (κ1) is 24.2. The summed E-state index contributed by atoms with van der Waals surface area (Å²) in [6.45, 7) is 7.98. The Morgan fingerprint density at radius 1 is 1.00 bits per heavy atom. The van der Waals surface area contributed by atoms with Gasteiger partial charge in [0.05, 0.1) is 31.4 Å². The number of hydrogen-bond acceptors (Lipinski definition) is 6. The van der Waals surface area contributed by atoms with Gasteiger partial charge >= 0.3 is 11.9 Å². The number of methoxy groups -OCH3 is 1. The first-order chi connectivity index (χ1) is 15.9. The van der Waals surface area contributed by atoms with E-state index >= 15 is 0 Å². The molecule has 1 heterocycles. The number of aromatic nitrogens is 1. The lowest BCUT2D eigenvalue weighted by atomic mass is 10.1. The lowest BCUT2D eigenvalue weighted by molar-refractivity contribution is -0.151. The molecule has 0 bridgehead atoms. The lowest BCUT2D eigenvalue weighted by Gasteiger charge is -2.14. The van der Waals surface area contributed by atoms with Gasteiger partial charge in [-0.2, -0.15) is 0 Å². The first-order valence-electron chi connectivity index (χ1n) is 11.2. The van der Waals surface area contributed by atoms with Gasteiger partial charge in [0, 0.05) is 16.8 Å². The third-order valence-electron chi connectivity index (χ3n) is 5.37. The summed E-state index contributed by atoms with van der Waals surface area (Å²) in [5.41, 5.74) is 2.92. The van der Waals surface area contributed by atoms with Crippen LogP contribution in [0.15, 0.2) is 42.5 Å². The zero-order chi connectivity index (χ0) is 24.0. The summed E-state index contributed by atoms with van der Waals surface area (Å²) in [6, 6.07) is 13.0. The largest absolute Gasteiger partial charge is 0.497 e. The van der Waals surface area contributed by atoms with E-state index in [1.54, 1.807) is 33.1 Å². The number of benzene rings is 2. The van der Waals surface area contributed by atoms with Crippen LogP contribution in [-0.2, 0) is 14.3 Å². The summed E-state index contributed by atoms with van der Waals surface area (Å²) >= 11 is 0. The van der Waals surface area contributed by atoms with Gasteiger partial charge in [-0.25, -0.2) is 9.59 Å². The summed E-state index contributed by atoms with van der Waals surface area (Å²) in [4.78, 5) is 25.0. The molecule has 0 saturated carbocycles. The fraction of sp³-hybridized carbons (Fsp3) is 0.385. The van der Waals surface area contributed by atoms with Crippen LogP contribution in [0.3, 0.4) is 0 Å². The predicted octanol–water partition coefficient (Wildman–Crippen LogP) is 5.23. The molecule has 0 fully saturated rings. The quantitative estimate of drug-likeness (QED) is 0.309. The molecule has 0 aliphatic heterocycles. The van der Waals surface area contributed by atoms with Crippen molar-refractivity contribution in [3.8, 4) is 17.2 Å². The molecule has 33 heavy (non-hydrogen) atoms. The van der Waals surface area contributed by atoms with Crippen LogP contribution in [0.1, 0.15) is 49.7 Å². The maximum absolute atomic E-state index is 12.8. The standard InChI is InChI=1S/C26H31NO6/c1-6-8-15-32-25(28)18(4)33-21-13-14-23-22(16-21)24(26(29)31-7-2)17(3)27(23)19-9-11-20(30-5)12-10-19/h9-14,16,18H,6-8,15H2,1-5H3. The molecule has 176 valence electrons. The van der Waals surface area contributed by atoms with Gasteiger partial charge in [0.2, 0.25) is 0 Å². The zero-order valence-corrected chi connectivity index (χ0v) is 19.8. The molecular weight excluding hydrogens is 422 g/mol. The van der Waals surface area contributed by atoms with Crippen molar-refractivity contribution in [2.24, 2.45) is 0 Å². The lowest BCUT2D eigenvalue weighted by Crippen LogP contribution is -2.26. The van der Waals surface area contributed by atoms with E-state index in [9.17, 15) is 9.59 Å². The Labute approximate surface area is 194 Å². The number of unbranched alkanes of at least 4 members (excludes halogenated alkanes) is 1. The monoisotopic (exact) mass is 453 g/mol. The highest BCUT2D eigenvalue weighted by Crippen LogP contribution is 2.33. The maximum Gasteiger partial charge on any atom is 0.347 e. The topological polar surface area (TPSA) is 76.0 Å². The second-order valence-corrected chi connectivity index (χ2v) is 7.67. The van der Waals surface area contributed by atoms with Crippen molar-refractivity contribution in [3.05, 3.63) is 53.7 Å². The van der Waals surface area contributed by atoms with E-state index in [1.165, 1.54) is 0 Å². The van der Waals surface area contributed by atoms with E-state index in [4.69, 9.17) is 18.9 Å². The molecule has 1 atom stereocenters. The highest BCUT2D eigenvalue weighted by molar-refractivity contribution is 6.07. The van der Waals surface area contributed by atoms with Crippen LogP contribution in [0.2, 0.25) is 0 Å². The predicted molar refractivity (Wildman–Crippen MR) is 126 cm³/mol. The van der Waals surface area contributed by atoms with Crippen LogP contribution in [0.5, 0.6) is 11.5 Å². The van der Waals surface area contributed by atoms with E-state index in [-0.39, 0.29) is 6.61 Å². The SMILES string of the molecule is CCCCOC(=O)C(C)Oc1ccc2c(c1)c(C(=O)OCC)c(C)n2-c1ccc(OC)cc1. The number of carbonyl (C=O) groups is 2. The highest BCUT2D eigenvalue weighted by atomic mass is 16.6.